The van der Waals surface area contributed by atoms with Gasteiger partial charge in [0.2, 0.25) is 11.8 Å². The quantitative estimate of drug-likeness (QED) is 0.0840. The first-order valence-electron chi connectivity index (χ1n) is 24.0. The van der Waals surface area contributed by atoms with Crippen LogP contribution in [0.4, 0.5) is 0 Å². The van der Waals surface area contributed by atoms with Crippen LogP contribution < -0.4 is 5.73 Å². The van der Waals surface area contributed by atoms with E-state index in [0.717, 1.165) is 77.2 Å². The molecule has 0 spiro atoms. The number of amides is 2. The first-order valence-corrected chi connectivity index (χ1v) is 24.0. The Morgan fingerprint density at radius 1 is 0.515 bits per heavy atom. The molecule has 1 fully saturated rings. The van der Waals surface area contributed by atoms with Crippen LogP contribution in [0, 0.1) is 33.1 Å². The number of nitrogens with two attached hydrogens (primary N) is 1. The minimum absolute atomic E-state index is 0.156. The Kier molecular flexibility index (Phi) is 12.9. The van der Waals surface area contributed by atoms with Gasteiger partial charge in [-0.25, -0.2) is 0 Å². The first-order chi connectivity index (χ1) is 32.7. The fourth-order valence-electron chi connectivity index (χ4n) is 11.0. The van der Waals surface area contributed by atoms with E-state index in [-0.39, 0.29) is 25.9 Å². The highest BCUT2D eigenvalue weighted by Gasteiger charge is 2.55. The van der Waals surface area contributed by atoms with E-state index in [1.807, 2.05) is 113 Å². The molecule has 1 aliphatic rings. The van der Waals surface area contributed by atoms with Crippen molar-refractivity contribution in [2.45, 2.75) is 82.8 Å². The summed E-state index contributed by atoms with van der Waals surface area (Å²) in [6, 6.07) is 61.7. The average Bonchev–Trinajstić information content (AvgIpc) is 3.31. The zero-order chi connectivity index (χ0) is 47.6. The Morgan fingerprint density at radius 3 is 1.22 bits per heavy atom. The summed E-state index contributed by atoms with van der Waals surface area (Å²) in [6.07, 6.45) is 1.56. The van der Waals surface area contributed by atoms with Gasteiger partial charge in [0.05, 0.1) is 24.3 Å². The zero-order valence-corrected chi connectivity index (χ0v) is 39.7. The summed E-state index contributed by atoms with van der Waals surface area (Å²) in [5.74, 6) is -2.50. The molecule has 4 atom stereocenters. The summed E-state index contributed by atoms with van der Waals surface area (Å²) in [6.45, 7) is 7.74. The standard InChI is InChI=1S/C62H62N2O4/c1-42-20-28-46(29-21-42)38-61(67,56(50-32-24-44(3)25-33-50)54-18-9-14-48-12-5-7-16-52(48)54)40-64(59(66)60(58(63)65)36-11-37-60)41-62(68,39-47-30-22-43(2)23-31-47)57(51-34-26-45(4)27-35-51)55-19-10-15-49-13-6-8-17-53(49)55/h5-10,12-35,56-57,67-68H,11,36-41H2,1-4H3,(H2,63,65). The number of carbonyl (C=O) groups is 2. The van der Waals surface area contributed by atoms with Gasteiger partial charge in [-0.05, 0) is 95.5 Å². The molecule has 2 amide bonds. The maximum atomic E-state index is 15.9. The van der Waals surface area contributed by atoms with E-state index in [9.17, 15) is 15.0 Å². The molecule has 4 unspecified atom stereocenters. The lowest BCUT2D eigenvalue weighted by Gasteiger charge is -2.49. The Morgan fingerprint density at radius 2 is 0.868 bits per heavy atom. The van der Waals surface area contributed by atoms with Gasteiger partial charge in [0.1, 0.15) is 5.41 Å². The molecule has 9 rings (SSSR count). The van der Waals surface area contributed by atoms with Crippen LogP contribution in [0.5, 0.6) is 0 Å². The minimum Gasteiger partial charge on any atom is -0.387 e. The van der Waals surface area contributed by atoms with Crippen molar-refractivity contribution in [3.05, 3.63) is 238 Å². The second-order valence-corrected chi connectivity index (χ2v) is 19.8. The van der Waals surface area contributed by atoms with Gasteiger partial charge in [0, 0.05) is 24.7 Å². The molecule has 68 heavy (non-hydrogen) atoms. The topological polar surface area (TPSA) is 104 Å². The van der Waals surface area contributed by atoms with E-state index in [1.165, 1.54) is 0 Å². The lowest BCUT2D eigenvalue weighted by molar-refractivity contribution is -0.162. The number of benzene rings is 8. The van der Waals surface area contributed by atoms with Gasteiger partial charge >= 0.3 is 0 Å². The minimum atomic E-state index is -1.71. The summed E-state index contributed by atoms with van der Waals surface area (Å²) >= 11 is 0. The molecule has 0 radical (unpaired) electrons. The van der Waals surface area contributed by atoms with Crippen LogP contribution in [0.1, 0.15) is 86.7 Å². The predicted octanol–water partition coefficient (Wildman–Crippen LogP) is 11.6. The monoisotopic (exact) mass is 898 g/mol. The lowest BCUT2D eigenvalue weighted by Crippen LogP contribution is -2.62. The van der Waals surface area contributed by atoms with Gasteiger partial charge in [-0.15, -0.1) is 0 Å². The molecule has 0 saturated heterocycles. The fraction of sp³-hybridized carbons (Fsp3) is 0.258. The maximum absolute atomic E-state index is 15.9. The number of nitrogens with zero attached hydrogens (tertiary/aromatic N) is 1. The SMILES string of the molecule is Cc1ccc(CC(O)(CN(CC(O)(Cc2ccc(C)cc2)C(c2ccc(C)cc2)c2cccc3ccccc23)C(=O)C2(C(N)=O)CCC2)C(c2ccc(C)cc2)c2cccc3ccccc23)cc1. The summed E-state index contributed by atoms with van der Waals surface area (Å²) in [5.41, 5.74) is 11.1. The van der Waals surface area contributed by atoms with Crippen LogP contribution in [-0.4, -0.2) is 51.2 Å². The third kappa shape index (κ3) is 9.23. The molecule has 344 valence electrons. The average molecular weight is 899 g/mol. The van der Waals surface area contributed by atoms with Gasteiger partial charge in [0.15, 0.2) is 0 Å². The van der Waals surface area contributed by atoms with Crippen molar-refractivity contribution in [3.63, 3.8) is 0 Å². The number of rotatable bonds is 16. The van der Waals surface area contributed by atoms with Crippen molar-refractivity contribution in [2.24, 2.45) is 11.1 Å². The number of aliphatic hydroxyl groups is 2. The summed E-state index contributed by atoms with van der Waals surface area (Å²) in [5, 5.41) is 32.7. The van der Waals surface area contributed by atoms with Crippen LogP contribution in [0.25, 0.3) is 21.5 Å². The Bertz CT molecular complexity index is 2870. The molecule has 0 heterocycles. The maximum Gasteiger partial charge on any atom is 0.238 e. The van der Waals surface area contributed by atoms with E-state index in [0.29, 0.717) is 19.3 Å². The fourth-order valence-corrected chi connectivity index (χ4v) is 11.0. The number of hydrogen-bond acceptors (Lipinski definition) is 4. The van der Waals surface area contributed by atoms with Crippen molar-refractivity contribution >= 4 is 33.4 Å². The van der Waals surface area contributed by atoms with Crippen LogP contribution in [0.2, 0.25) is 0 Å². The van der Waals surface area contributed by atoms with Crippen molar-refractivity contribution < 1.29 is 19.8 Å². The van der Waals surface area contributed by atoms with Gasteiger partial charge in [-0.3, -0.25) is 9.59 Å². The number of carbonyl (C=O) groups excluding carboxylic acids is 2. The molecule has 6 heteroatoms. The second kappa shape index (κ2) is 19.0. The summed E-state index contributed by atoms with van der Waals surface area (Å²) < 4.78 is 0. The van der Waals surface area contributed by atoms with Crippen molar-refractivity contribution in [1.82, 2.24) is 4.90 Å². The van der Waals surface area contributed by atoms with E-state index in [4.69, 9.17) is 5.73 Å². The molecule has 4 N–H and O–H groups in total. The molecule has 6 nitrogen and oxygen atoms in total. The highest BCUT2D eigenvalue weighted by Crippen LogP contribution is 2.48. The highest BCUT2D eigenvalue weighted by molar-refractivity contribution is 6.05. The van der Waals surface area contributed by atoms with Gasteiger partial charge in [-0.1, -0.05) is 211 Å². The van der Waals surface area contributed by atoms with Gasteiger partial charge in [-0.2, -0.15) is 0 Å². The van der Waals surface area contributed by atoms with Crippen molar-refractivity contribution in [3.8, 4) is 0 Å². The molecule has 8 aromatic carbocycles. The van der Waals surface area contributed by atoms with Gasteiger partial charge in [0.25, 0.3) is 0 Å². The zero-order valence-electron chi connectivity index (χ0n) is 39.7. The largest absolute Gasteiger partial charge is 0.387 e. The van der Waals surface area contributed by atoms with E-state index < -0.39 is 40.3 Å². The Hall–Kier alpha value is -6.86. The van der Waals surface area contributed by atoms with Crippen molar-refractivity contribution in [1.29, 1.82) is 0 Å². The third-order valence-electron chi connectivity index (χ3n) is 14.7. The van der Waals surface area contributed by atoms with E-state index in [2.05, 4.69) is 97.1 Å². The highest BCUT2D eigenvalue weighted by atomic mass is 16.3. The normalized spacial score (nSPS) is 16.0. The lowest BCUT2D eigenvalue weighted by atomic mass is 9.66. The van der Waals surface area contributed by atoms with Crippen LogP contribution in [-0.2, 0) is 22.4 Å². The number of primary amides is 1. The molecule has 1 saturated carbocycles. The molecule has 0 aromatic heterocycles. The Balaban J connectivity index is 1.30. The number of hydrogen-bond donors (Lipinski definition) is 3. The predicted molar refractivity (Wildman–Crippen MR) is 276 cm³/mol. The molecule has 0 aliphatic heterocycles. The molecule has 0 bridgehead atoms. The second-order valence-electron chi connectivity index (χ2n) is 19.8. The van der Waals surface area contributed by atoms with E-state index in [1.54, 1.807) is 4.90 Å². The molecule has 8 aromatic rings. The van der Waals surface area contributed by atoms with Crippen LogP contribution in [0.3, 0.4) is 0 Å². The third-order valence-corrected chi connectivity index (χ3v) is 14.7. The molecular weight excluding hydrogens is 837 g/mol. The molecule has 1 aliphatic carbocycles. The van der Waals surface area contributed by atoms with Gasteiger partial charge < -0.3 is 20.8 Å². The number of aryl methyl sites for hydroxylation is 4. The summed E-state index contributed by atoms with van der Waals surface area (Å²) in [7, 11) is 0. The van der Waals surface area contributed by atoms with Crippen molar-refractivity contribution in [2.75, 3.05) is 13.1 Å². The Labute approximate surface area is 401 Å². The smallest absolute Gasteiger partial charge is 0.238 e. The molecular formula is C62H62N2O4. The first kappa shape index (κ1) is 46.3. The summed E-state index contributed by atoms with van der Waals surface area (Å²) in [4.78, 5) is 31.4. The van der Waals surface area contributed by atoms with Crippen LogP contribution >= 0.6 is 0 Å². The van der Waals surface area contributed by atoms with E-state index >= 15 is 4.79 Å². The van der Waals surface area contributed by atoms with Crippen LogP contribution in [0.15, 0.2) is 182 Å². The number of fused-ring (bicyclic) bond motifs is 2.